The Bertz CT molecular complexity index is 1530. The fourth-order valence-corrected chi connectivity index (χ4v) is 6.02. The first-order valence-electron chi connectivity index (χ1n) is 10.8. The standard InChI is InChI=1S/C28H18BNO2/c31-29(32)25-15-14-19-20-10-6-16-30-27(20)28(24-13-5-9-21(25)26(19)24)22-11-3-1-7-17(22)18-8-2-4-12-23(18)28/h1-16,31-32H. The number of hydrogen-bond acceptors (Lipinski definition) is 3. The van der Waals surface area contributed by atoms with Gasteiger partial charge < -0.3 is 10.0 Å². The SMILES string of the molecule is OB(O)c1ccc2c3c(cccc13)C1(c3ccccc3-c3ccccc31)c1ncccc1-2. The molecule has 1 heterocycles. The first-order chi connectivity index (χ1) is 15.7. The van der Waals surface area contributed by atoms with Crippen molar-refractivity contribution < 1.29 is 10.0 Å². The van der Waals surface area contributed by atoms with Crippen LogP contribution >= 0.6 is 0 Å². The number of hydrogen-bond donors (Lipinski definition) is 2. The van der Waals surface area contributed by atoms with E-state index in [1.165, 1.54) is 22.3 Å². The molecule has 0 saturated carbocycles. The highest BCUT2D eigenvalue weighted by molar-refractivity contribution is 6.62. The summed E-state index contributed by atoms with van der Waals surface area (Å²) in [6, 6.07) is 31.3. The summed E-state index contributed by atoms with van der Waals surface area (Å²) in [5.41, 5.74) is 9.16. The molecule has 0 atom stereocenters. The van der Waals surface area contributed by atoms with E-state index in [-0.39, 0.29) is 0 Å². The van der Waals surface area contributed by atoms with E-state index in [0.29, 0.717) is 5.46 Å². The molecular formula is C28H18BNO2. The average molecular weight is 411 g/mol. The molecular weight excluding hydrogens is 393 g/mol. The molecule has 2 N–H and O–H groups in total. The van der Waals surface area contributed by atoms with Crippen LogP contribution in [-0.4, -0.2) is 22.2 Å². The lowest BCUT2D eigenvalue weighted by molar-refractivity contribution is 0.426. The zero-order chi connectivity index (χ0) is 21.4. The van der Waals surface area contributed by atoms with E-state index in [1.807, 2.05) is 36.5 Å². The Hall–Kier alpha value is -3.73. The minimum absolute atomic E-state index is 0.521. The molecule has 0 aliphatic heterocycles. The van der Waals surface area contributed by atoms with Crippen molar-refractivity contribution in [2.75, 3.05) is 0 Å². The second-order valence-electron chi connectivity index (χ2n) is 8.54. The third kappa shape index (κ3) is 1.97. The van der Waals surface area contributed by atoms with Crippen molar-refractivity contribution in [3.63, 3.8) is 0 Å². The van der Waals surface area contributed by atoms with Crippen LogP contribution in [0.5, 0.6) is 0 Å². The van der Waals surface area contributed by atoms with Crippen LogP contribution in [-0.2, 0) is 5.41 Å². The molecule has 5 aromatic rings. The van der Waals surface area contributed by atoms with Gasteiger partial charge in [-0.05, 0) is 55.7 Å². The van der Waals surface area contributed by atoms with Gasteiger partial charge in [0.05, 0.1) is 11.1 Å². The maximum atomic E-state index is 10.1. The smallest absolute Gasteiger partial charge is 0.423 e. The highest BCUT2D eigenvalue weighted by Crippen LogP contribution is 2.60. The minimum atomic E-state index is -1.53. The number of aromatic nitrogens is 1. The Balaban J connectivity index is 1.77. The quantitative estimate of drug-likeness (QED) is 0.397. The zero-order valence-electron chi connectivity index (χ0n) is 17.2. The second kappa shape index (κ2) is 6.16. The van der Waals surface area contributed by atoms with E-state index in [4.69, 9.17) is 4.98 Å². The molecule has 4 heteroatoms. The van der Waals surface area contributed by atoms with Crippen LogP contribution in [0.4, 0.5) is 0 Å². The molecule has 0 fully saturated rings. The Labute approximate surface area is 185 Å². The topological polar surface area (TPSA) is 53.4 Å². The monoisotopic (exact) mass is 411 g/mol. The minimum Gasteiger partial charge on any atom is -0.423 e. The zero-order valence-corrected chi connectivity index (χ0v) is 17.2. The number of benzene rings is 4. The van der Waals surface area contributed by atoms with Crippen LogP contribution in [0, 0.1) is 0 Å². The highest BCUT2D eigenvalue weighted by atomic mass is 16.4. The van der Waals surface area contributed by atoms with Gasteiger partial charge in [0.15, 0.2) is 0 Å². The fourth-order valence-electron chi connectivity index (χ4n) is 6.02. The molecule has 7 rings (SSSR count). The second-order valence-corrected chi connectivity index (χ2v) is 8.54. The summed E-state index contributed by atoms with van der Waals surface area (Å²) in [7, 11) is -1.53. The lowest BCUT2D eigenvalue weighted by atomic mass is 9.62. The van der Waals surface area contributed by atoms with E-state index >= 15 is 0 Å². The number of nitrogens with zero attached hydrogens (tertiary/aromatic N) is 1. The van der Waals surface area contributed by atoms with Gasteiger partial charge in [0, 0.05) is 11.8 Å². The van der Waals surface area contributed by atoms with Gasteiger partial charge >= 0.3 is 7.12 Å². The maximum Gasteiger partial charge on any atom is 0.489 e. The van der Waals surface area contributed by atoms with Gasteiger partial charge in [-0.25, -0.2) is 0 Å². The predicted molar refractivity (Wildman–Crippen MR) is 128 cm³/mol. The van der Waals surface area contributed by atoms with E-state index < -0.39 is 12.5 Å². The van der Waals surface area contributed by atoms with E-state index in [0.717, 1.165) is 33.2 Å². The molecule has 0 radical (unpaired) electrons. The largest absolute Gasteiger partial charge is 0.489 e. The average Bonchev–Trinajstić information content (AvgIpc) is 3.13. The number of pyridine rings is 1. The van der Waals surface area contributed by atoms with Crippen molar-refractivity contribution in [1.82, 2.24) is 4.98 Å². The van der Waals surface area contributed by atoms with Crippen molar-refractivity contribution in [3.05, 3.63) is 120 Å². The van der Waals surface area contributed by atoms with Gasteiger partial charge in [-0.1, -0.05) is 84.9 Å². The van der Waals surface area contributed by atoms with Gasteiger partial charge in [-0.2, -0.15) is 0 Å². The third-order valence-corrected chi connectivity index (χ3v) is 7.16. The summed E-state index contributed by atoms with van der Waals surface area (Å²) < 4.78 is 0. The predicted octanol–water partition coefficient (Wildman–Crippen LogP) is 4.26. The van der Waals surface area contributed by atoms with E-state index in [1.54, 1.807) is 0 Å². The Morgan fingerprint density at radius 2 is 1.25 bits per heavy atom. The highest BCUT2D eigenvalue weighted by Gasteiger charge is 2.51. The van der Waals surface area contributed by atoms with Crippen LogP contribution in [0.15, 0.2) is 97.2 Å². The van der Waals surface area contributed by atoms with Gasteiger partial charge in [0.1, 0.15) is 0 Å². The summed E-state index contributed by atoms with van der Waals surface area (Å²) in [6.07, 6.45) is 1.88. The van der Waals surface area contributed by atoms with Crippen molar-refractivity contribution in [1.29, 1.82) is 0 Å². The Morgan fingerprint density at radius 3 is 1.97 bits per heavy atom. The Kier molecular flexibility index (Phi) is 3.45. The molecule has 4 aromatic carbocycles. The van der Waals surface area contributed by atoms with E-state index in [2.05, 4.69) is 60.7 Å². The molecule has 0 amide bonds. The normalized spacial score (nSPS) is 14.2. The molecule has 2 aliphatic rings. The van der Waals surface area contributed by atoms with Crippen LogP contribution in [0.2, 0.25) is 0 Å². The molecule has 1 aromatic heterocycles. The first-order valence-corrected chi connectivity index (χ1v) is 10.8. The Morgan fingerprint density at radius 1 is 0.594 bits per heavy atom. The summed E-state index contributed by atoms with van der Waals surface area (Å²) >= 11 is 0. The van der Waals surface area contributed by atoms with Crippen molar-refractivity contribution >= 4 is 23.4 Å². The summed E-state index contributed by atoms with van der Waals surface area (Å²) in [4.78, 5) is 5.00. The molecule has 0 saturated heterocycles. The van der Waals surface area contributed by atoms with Gasteiger partial charge in [0.25, 0.3) is 0 Å². The van der Waals surface area contributed by atoms with Crippen LogP contribution in [0.1, 0.15) is 22.4 Å². The summed E-state index contributed by atoms with van der Waals surface area (Å²) in [6.45, 7) is 0. The van der Waals surface area contributed by atoms with Gasteiger partial charge in [-0.15, -0.1) is 0 Å². The molecule has 1 spiro atoms. The van der Waals surface area contributed by atoms with Crippen LogP contribution in [0.3, 0.4) is 0 Å². The van der Waals surface area contributed by atoms with Gasteiger partial charge in [-0.3, -0.25) is 4.98 Å². The lowest BCUT2D eigenvalue weighted by Gasteiger charge is -2.39. The summed E-state index contributed by atoms with van der Waals surface area (Å²) in [5, 5.41) is 22.1. The molecule has 0 bridgehead atoms. The molecule has 0 unspecified atom stereocenters. The van der Waals surface area contributed by atoms with Crippen molar-refractivity contribution in [2.24, 2.45) is 0 Å². The third-order valence-electron chi connectivity index (χ3n) is 7.16. The number of fused-ring (bicyclic) bond motifs is 9. The van der Waals surface area contributed by atoms with E-state index in [9.17, 15) is 10.0 Å². The van der Waals surface area contributed by atoms with Crippen molar-refractivity contribution in [3.8, 4) is 22.3 Å². The van der Waals surface area contributed by atoms with Gasteiger partial charge in [0.2, 0.25) is 0 Å². The molecule has 3 nitrogen and oxygen atoms in total. The van der Waals surface area contributed by atoms with Crippen LogP contribution in [0.25, 0.3) is 33.0 Å². The van der Waals surface area contributed by atoms with Crippen LogP contribution < -0.4 is 5.46 Å². The lowest BCUT2D eigenvalue weighted by Crippen LogP contribution is -2.35. The first kappa shape index (κ1) is 17.9. The molecule has 150 valence electrons. The maximum absolute atomic E-state index is 10.1. The molecule has 2 aliphatic carbocycles. The number of rotatable bonds is 1. The summed E-state index contributed by atoms with van der Waals surface area (Å²) in [5.74, 6) is 0. The molecule has 32 heavy (non-hydrogen) atoms. The fraction of sp³-hybridized carbons (Fsp3) is 0.0357. The van der Waals surface area contributed by atoms with Crippen molar-refractivity contribution in [2.45, 2.75) is 5.41 Å².